The molecule has 0 aromatic heterocycles. The van der Waals surface area contributed by atoms with Crippen LogP contribution in [0.3, 0.4) is 0 Å². The van der Waals surface area contributed by atoms with Crippen LogP contribution in [-0.4, -0.2) is 12.5 Å². The molecule has 25 heavy (non-hydrogen) atoms. The number of ether oxygens (including phenoxy) is 1. The molecular weight excluding hydrogens is 331 g/mol. The maximum Gasteiger partial charge on any atom is 0.416 e. The smallest absolute Gasteiger partial charge is 0.416 e. The Morgan fingerprint density at radius 2 is 1.96 bits per heavy atom. The second-order valence-corrected chi connectivity index (χ2v) is 5.69. The molecule has 0 saturated heterocycles. The number of alkyl halides is 3. The highest BCUT2D eigenvalue weighted by Crippen LogP contribution is 2.32. The largest absolute Gasteiger partial charge is 0.493 e. The minimum Gasteiger partial charge on any atom is -0.493 e. The van der Waals surface area contributed by atoms with Crippen LogP contribution in [0, 0.1) is 0 Å². The summed E-state index contributed by atoms with van der Waals surface area (Å²) in [5.41, 5.74) is 0.473. The lowest BCUT2D eigenvalue weighted by Gasteiger charge is -2.26. The van der Waals surface area contributed by atoms with Crippen LogP contribution in [0.2, 0.25) is 0 Å². The van der Waals surface area contributed by atoms with E-state index in [1.165, 1.54) is 24.3 Å². The van der Waals surface area contributed by atoms with Crippen molar-refractivity contribution in [2.75, 3.05) is 6.61 Å². The van der Waals surface area contributed by atoms with Crippen LogP contribution >= 0.6 is 0 Å². The highest BCUT2D eigenvalue weighted by Gasteiger charge is 2.30. The Labute approximate surface area is 143 Å². The lowest BCUT2D eigenvalue weighted by atomic mass is 10.0. The van der Waals surface area contributed by atoms with Crippen LogP contribution in [0.1, 0.15) is 29.2 Å². The number of rotatable bonds is 3. The first-order chi connectivity index (χ1) is 11.9. The molecule has 0 fully saturated rings. The number of amides is 1. The molecule has 0 saturated carbocycles. The molecule has 1 aliphatic rings. The second-order valence-electron chi connectivity index (χ2n) is 5.69. The summed E-state index contributed by atoms with van der Waals surface area (Å²) in [5.74, 6) is 0.375. The van der Waals surface area contributed by atoms with Gasteiger partial charge in [-0.05, 0) is 29.8 Å². The molecule has 0 bridgehead atoms. The fourth-order valence-corrected chi connectivity index (χ4v) is 2.70. The van der Waals surface area contributed by atoms with E-state index >= 15 is 0 Å². The van der Waals surface area contributed by atoms with Crippen LogP contribution in [0.5, 0.6) is 5.75 Å². The Hall–Kier alpha value is -2.76. The standard InChI is InChI=1S/C19H16F3NO2/c20-19(21,22)14-5-3-4-13(12-14)8-9-18(24)23-16-10-11-25-17-7-2-1-6-15(16)17/h1-9,12,16H,10-11H2,(H,23,24)/b9-8+/t16-/m0/s1. The molecule has 6 heteroatoms. The SMILES string of the molecule is O=C(/C=C/c1cccc(C(F)(F)F)c1)N[C@H]1CCOc2ccccc21. The van der Waals surface area contributed by atoms with Gasteiger partial charge in [-0.3, -0.25) is 4.79 Å². The van der Waals surface area contributed by atoms with Crippen LogP contribution in [-0.2, 0) is 11.0 Å². The van der Waals surface area contributed by atoms with Gasteiger partial charge in [0.25, 0.3) is 0 Å². The summed E-state index contributed by atoms with van der Waals surface area (Å²) in [7, 11) is 0. The van der Waals surface area contributed by atoms with Crippen molar-refractivity contribution in [1.29, 1.82) is 0 Å². The number of hydrogen-bond acceptors (Lipinski definition) is 2. The summed E-state index contributed by atoms with van der Waals surface area (Å²) >= 11 is 0. The molecule has 0 unspecified atom stereocenters. The van der Waals surface area contributed by atoms with Crippen LogP contribution in [0.15, 0.2) is 54.6 Å². The molecule has 2 aromatic carbocycles. The quantitative estimate of drug-likeness (QED) is 0.838. The summed E-state index contributed by atoms with van der Waals surface area (Å²) in [5, 5.41) is 2.86. The van der Waals surface area contributed by atoms with Gasteiger partial charge in [-0.1, -0.05) is 30.3 Å². The van der Waals surface area contributed by atoms with Crippen molar-refractivity contribution in [3.63, 3.8) is 0 Å². The van der Waals surface area contributed by atoms with E-state index in [2.05, 4.69) is 5.32 Å². The number of hydrogen-bond donors (Lipinski definition) is 1. The van der Waals surface area contributed by atoms with Gasteiger partial charge >= 0.3 is 6.18 Å². The molecule has 0 radical (unpaired) electrons. The Morgan fingerprint density at radius 1 is 1.16 bits per heavy atom. The topological polar surface area (TPSA) is 38.3 Å². The predicted molar refractivity (Wildman–Crippen MR) is 87.9 cm³/mol. The molecule has 1 heterocycles. The average molecular weight is 347 g/mol. The minimum atomic E-state index is -4.40. The molecular formula is C19H16F3NO2. The third-order valence-corrected chi connectivity index (χ3v) is 3.92. The number of nitrogens with one attached hydrogen (secondary N) is 1. The first kappa shape index (κ1) is 17.1. The molecule has 1 amide bonds. The predicted octanol–water partition coefficient (Wildman–Crippen LogP) is 4.36. The molecule has 130 valence electrons. The number of carbonyl (C=O) groups excluding carboxylic acids is 1. The molecule has 1 atom stereocenters. The van der Waals surface area contributed by atoms with E-state index in [9.17, 15) is 18.0 Å². The molecule has 3 rings (SSSR count). The van der Waals surface area contributed by atoms with Gasteiger partial charge in [0.2, 0.25) is 5.91 Å². The van der Waals surface area contributed by atoms with E-state index in [4.69, 9.17) is 4.74 Å². The van der Waals surface area contributed by atoms with E-state index in [1.54, 1.807) is 0 Å². The number of benzene rings is 2. The average Bonchev–Trinajstić information content (AvgIpc) is 2.60. The first-order valence-corrected chi connectivity index (χ1v) is 7.81. The van der Waals surface area contributed by atoms with Gasteiger partial charge in [0.05, 0.1) is 18.2 Å². The highest BCUT2D eigenvalue weighted by molar-refractivity contribution is 5.92. The number of carbonyl (C=O) groups is 1. The van der Waals surface area contributed by atoms with Crippen molar-refractivity contribution >= 4 is 12.0 Å². The zero-order valence-corrected chi connectivity index (χ0v) is 13.2. The van der Waals surface area contributed by atoms with Gasteiger partial charge in [0, 0.05) is 18.1 Å². The van der Waals surface area contributed by atoms with Crippen molar-refractivity contribution in [3.05, 3.63) is 71.3 Å². The van der Waals surface area contributed by atoms with Crippen LogP contribution in [0.25, 0.3) is 6.08 Å². The third kappa shape index (κ3) is 4.21. The van der Waals surface area contributed by atoms with E-state index < -0.39 is 11.7 Å². The van der Waals surface area contributed by atoms with E-state index in [-0.39, 0.29) is 11.9 Å². The normalized spacial score (nSPS) is 17.0. The number of halogens is 3. The summed E-state index contributed by atoms with van der Waals surface area (Å²) < 4.78 is 43.6. The summed E-state index contributed by atoms with van der Waals surface area (Å²) in [6, 6.07) is 12.1. The molecule has 1 N–H and O–H groups in total. The summed E-state index contributed by atoms with van der Waals surface area (Å²) in [6.45, 7) is 0.499. The summed E-state index contributed by atoms with van der Waals surface area (Å²) in [4.78, 5) is 12.1. The Kier molecular flexibility index (Phi) is 4.79. The number of para-hydroxylation sites is 1. The van der Waals surface area contributed by atoms with Crippen molar-refractivity contribution < 1.29 is 22.7 Å². The van der Waals surface area contributed by atoms with Gasteiger partial charge in [-0.15, -0.1) is 0 Å². The molecule has 1 aliphatic heterocycles. The van der Waals surface area contributed by atoms with Crippen molar-refractivity contribution in [1.82, 2.24) is 5.32 Å². The highest BCUT2D eigenvalue weighted by atomic mass is 19.4. The first-order valence-electron chi connectivity index (χ1n) is 7.81. The molecule has 0 spiro atoms. The third-order valence-electron chi connectivity index (χ3n) is 3.92. The molecule has 2 aromatic rings. The number of fused-ring (bicyclic) bond motifs is 1. The second kappa shape index (κ2) is 7.01. The van der Waals surface area contributed by atoms with Gasteiger partial charge < -0.3 is 10.1 Å². The van der Waals surface area contributed by atoms with Gasteiger partial charge in [0.15, 0.2) is 0 Å². The van der Waals surface area contributed by atoms with Crippen molar-refractivity contribution in [2.45, 2.75) is 18.6 Å². The summed E-state index contributed by atoms with van der Waals surface area (Å²) in [6.07, 6.45) is -1.15. The van der Waals surface area contributed by atoms with E-state index in [1.807, 2.05) is 24.3 Å². The zero-order valence-electron chi connectivity index (χ0n) is 13.2. The monoisotopic (exact) mass is 347 g/mol. The van der Waals surface area contributed by atoms with Crippen molar-refractivity contribution in [3.8, 4) is 5.75 Å². The molecule has 0 aliphatic carbocycles. The Morgan fingerprint density at radius 3 is 2.76 bits per heavy atom. The lowest BCUT2D eigenvalue weighted by Crippen LogP contribution is -2.30. The molecule has 3 nitrogen and oxygen atoms in total. The van der Waals surface area contributed by atoms with E-state index in [0.717, 1.165) is 23.4 Å². The Balaban J connectivity index is 1.69. The minimum absolute atomic E-state index is 0.177. The van der Waals surface area contributed by atoms with Gasteiger partial charge in [-0.25, -0.2) is 0 Å². The fraction of sp³-hybridized carbons (Fsp3) is 0.211. The zero-order chi connectivity index (χ0) is 17.9. The van der Waals surface area contributed by atoms with Gasteiger partial charge in [-0.2, -0.15) is 13.2 Å². The fourth-order valence-electron chi connectivity index (χ4n) is 2.70. The maximum atomic E-state index is 12.7. The van der Waals surface area contributed by atoms with Crippen LogP contribution < -0.4 is 10.1 Å². The maximum absolute atomic E-state index is 12.7. The van der Waals surface area contributed by atoms with Crippen molar-refractivity contribution in [2.24, 2.45) is 0 Å². The van der Waals surface area contributed by atoms with Gasteiger partial charge in [0.1, 0.15) is 5.75 Å². The van der Waals surface area contributed by atoms with E-state index in [0.29, 0.717) is 18.6 Å². The van der Waals surface area contributed by atoms with Crippen LogP contribution in [0.4, 0.5) is 13.2 Å². The lowest BCUT2D eigenvalue weighted by molar-refractivity contribution is -0.137. The Bertz CT molecular complexity index is 799.